The Morgan fingerprint density at radius 3 is 3.18 bits per heavy atom. The largest absolute Gasteiger partial charge is 0.492 e. The number of amidine groups is 1. The number of amides is 1. The molecule has 2 aliphatic rings. The summed E-state index contributed by atoms with van der Waals surface area (Å²) in [4.78, 5) is 15.8. The molecule has 2 aliphatic heterocycles. The molecule has 0 bridgehead atoms. The molecule has 0 aliphatic carbocycles. The third-order valence-corrected chi connectivity index (χ3v) is 2.61. The second-order valence-electron chi connectivity index (χ2n) is 3.70. The van der Waals surface area contributed by atoms with Crippen LogP contribution in [0.4, 0.5) is 0 Å². The first-order chi connectivity index (χ1) is 8.34. The number of rotatable bonds is 1. The van der Waals surface area contributed by atoms with E-state index in [0.29, 0.717) is 23.8 Å². The number of para-hydroxylation sites is 1. The maximum Gasteiger partial charge on any atom is 0.282 e. The number of ether oxygens (including phenoxy) is 1. The van der Waals surface area contributed by atoms with Gasteiger partial charge in [0.05, 0.1) is 18.4 Å². The molecule has 1 aromatic carbocycles. The minimum atomic E-state index is -0.343. The first-order valence-corrected chi connectivity index (χ1v) is 5.30. The van der Waals surface area contributed by atoms with E-state index in [-0.39, 0.29) is 5.91 Å². The van der Waals surface area contributed by atoms with Gasteiger partial charge in [-0.05, 0) is 11.6 Å². The van der Waals surface area contributed by atoms with Crippen molar-refractivity contribution in [3.8, 4) is 5.75 Å². The van der Waals surface area contributed by atoms with E-state index in [9.17, 15) is 4.79 Å². The molecule has 1 amide bonds. The fraction of sp³-hybridized carbons (Fsp3) is 0.167. The van der Waals surface area contributed by atoms with Crippen LogP contribution in [-0.2, 0) is 6.42 Å². The van der Waals surface area contributed by atoms with Crippen molar-refractivity contribution in [2.24, 2.45) is 15.2 Å². The van der Waals surface area contributed by atoms with Crippen LogP contribution in [0.15, 0.2) is 45.7 Å². The lowest BCUT2D eigenvalue weighted by molar-refractivity contribution is 0.1000. The SMILES string of the molecule is O=C(N=C1C=CN=N1)c1cccc2c1OCC2. The van der Waals surface area contributed by atoms with Crippen molar-refractivity contribution in [2.75, 3.05) is 6.61 Å². The maximum absolute atomic E-state index is 12.0. The summed E-state index contributed by atoms with van der Waals surface area (Å²) in [5.74, 6) is 0.635. The van der Waals surface area contributed by atoms with Gasteiger partial charge >= 0.3 is 0 Å². The van der Waals surface area contributed by atoms with Gasteiger partial charge in [0.15, 0.2) is 5.84 Å². The number of fused-ring (bicyclic) bond motifs is 1. The molecule has 0 radical (unpaired) electrons. The van der Waals surface area contributed by atoms with Crippen LogP contribution in [0.5, 0.6) is 5.75 Å². The van der Waals surface area contributed by atoms with Crippen molar-refractivity contribution in [1.82, 2.24) is 0 Å². The van der Waals surface area contributed by atoms with Crippen molar-refractivity contribution in [2.45, 2.75) is 6.42 Å². The van der Waals surface area contributed by atoms with Gasteiger partial charge in [-0.2, -0.15) is 10.1 Å². The second-order valence-corrected chi connectivity index (χ2v) is 3.70. The summed E-state index contributed by atoms with van der Waals surface area (Å²) in [5.41, 5.74) is 1.54. The Bertz CT molecular complexity index is 559. The Hall–Kier alpha value is -2.30. The third-order valence-electron chi connectivity index (χ3n) is 2.61. The summed E-state index contributed by atoms with van der Waals surface area (Å²) in [6.45, 7) is 0.621. The van der Waals surface area contributed by atoms with Gasteiger partial charge in [-0.3, -0.25) is 4.79 Å². The molecule has 2 heterocycles. The summed E-state index contributed by atoms with van der Waals surface area (Å²) in [6.07, 6.45) is 3.92. The molecule has 1 aromatic rings. The van der Waals surface area contributed by atoms with Gasteiger partial charge in [-0.1, -0.05) is 12.1 Å². The summed E-state index contributed by atoms with van der Waals surface area (Å²) >= 11 is 0. The lowest BCUT2D eigenvalue weighted by Crippen LogP contribution is -2.01. The molecule has 0 unspecified atom stereocenters. The minimum Gasteiger partial charge on any atom is -0.492 e. The number of nitrogens with zero attached hydrogens (tertiary/aromatic N) is 3. The molecule has 5 nitrogen and oxygen atoms in total. The summed E-state index contributed by atoms with van der Waals surface area (Å²) in [7, 11) is 0. The molecule has 0 saturated carbocycles. The van der Waals surface area contributed by atoms with Crippen LogP contribution in [0, 0.1) is 0 Å². The zero-order valence-electron chi connectivity index (χ0n) is 8.96. The molecule has 0 fully saturated rings. The van der Waals surface area contributed by atoms with Crippen LogP contribution in [0.3, 0.4) is 0 Å². The fourth-order valence-electron chi connectivity index (χ4n) is 1.83. The molecular weight excluding hydrogens is 218 g/mol. The highest BCUT2D eigenvalue weighted by atomic mass is 16.5. The van der Waals surface area contributed by atoms with Crippen molar-refractivity contribution >= 4 is 11.7 Å². The van der Waals surface area contributed by atoms with Crippen LogP contribution < -0.4 is 4.74 Å². The number of benzene rings is 1. The van der Waals surface area contributed by atoms with Crippen molar-refractivity contribution in [3.05, 3.63) is 41.6 Å². The highest BCUT2D eigenvalue weighted by Gasteiger charge is 2.20. The number of carbonyl (C=O) groups excluding carboxylic acids is 1. The first-order valence-electron chi connectivity index (χ1n) is 5.30. The van der Waals surface area contributed by atoms with E-state index in [2.05, 4.69) is 15.2 Å². The van der Waals surface area contributed by atoms with Crippen LogP contribution in [0.2, 0.25) is 0 Å². The number of carbonyl (C=O) groups is 1. The molecule has 17 heavy (non-hydrogen) atoms. The molecule has 0 aromatic heterocycles. The molecule has 0 saturated heterocycles. The summed E-state index contributed by atoms with van der Waals surface area (Å²) in [5, 5.41) is 7.31. The lowest BCUT2D eigenvalue weighted by atomic mass is 10.1. The molecule has 0 N–H and O–H groups in total. The Kier molecular flexibility index (Phi) is 2.29. The molecule has 3 rings (SSSR count). The van der Waals surface area contributed by atoms with Crippen molar-refractivity contribution in [3.63, 3.8) is 0 Å². The van der Waals surface area contributed by atoms with Crippen LogP contribution >= 0.6 is 0 Å². The average molecular weight is 227 g/mol. The molecule has 0 spiro atoms. The number of hydrogen-bond donors (Lipinski definition) is 0. The number of hydrogen-bond acceptors (Lipinski definition) is 3. The topological polar surface area (TPSA) is 63.4 Å². The van der Waals surface area contributed by atoms with E-state index in [0.717, 1.165) is 12.0 Å². The van der Waals surface area contributed by atoms with Gasteiger partial charge in [-0.25, -0.2) is 0 Å². The highest BCUT2D eigenvalue weighted by Crippen LogP contribution is 2.29. The van der Waals surface area contributed by atoms with E-state index in [1.54, 1.807) is 12.1 Å². The lowest BCUT2D eigenvalue weighted by Gasteiger charge is -2.03. The van der Waals surface area contributed by atoms with E-state index in [1.807, 2.05) is 12.1 Å². The van der Waals surface area contributed by atoms with E-state index in [1.165, 1.54) is 6.20 Å². The van der Waals surface area contributed by atoms with E-state index < -0.39 is 0 Å². The maximum atomic E-state index is 12.0. The number of azo groups is 1. The quantitative estimate of drug-likeness (QED) is 0.737. The molecular formula is C12H9N3O2. The second kappa shape index (κ2) is 3.93. The highest BCUT2D eigenvalue weighted by molar-refractivity contribution is 6.08. The van der Waals surface area contributed by atoms with Crippen LogP contribution in [-0.4, -0.2) is 18.3 Å². The van der Waals surface area contributed by atoms with E-state index >= 15 is 0 Å². The summed E-state index contributed by atoms with van der Waals surface area (Å²) in [6, 6.07) is 5.51. The van der Waals surface area contributed by atoms with Crippen molar-refractivity contribution < 1.29 is 9.53 Å². The van der Waals surface area contributed by atoms with Crippen molar-refractivity contribution in [1.29, 1.82) is 0 Å². The normalized spacial score (nSPS) is 18.5. The van der Waals surface area contributed by atoms with Crippen LogP contribution in [0.1, 0.15) is 15.9 Å². The minimum absolute atomic E-state index is 0.325. The predicted octanol–water partition coefficient (Wildman–Crippen LogP) is 2.14. The molecule has 5 heteroatoms. The smallest absolute Gasteiger partial charge is 0.282 e. The molecule has 0 atom stereocenters. The Morgan fingerprint density at radius 2 is 2.35 bits per heavy atom. The first kappa shape index (κ1) is 9.89. The fourth-order valence-corrected chi connectivity index (χ4v) is 1.83. The van der Waals surface area contributed by atoms with Crippen LogP contribution in [0.25, 0.3) is 0 Å². The zero-order valence-corrected chi connectivity index (χ0v) is 8.96. The monoisotopic (exact) mass is 227 g/mol. The van der Waals surface area contributed by atoms with Gasteiger partial charge in [0.1, 0.15) is 5.75 Å². The Morgan fingerprint density at radius 1 is 1.41 bits per heavy atom. The number of aliphatic imine (C=N–C) groups is 1. The Labute approximate surface area is 97.5 Å². The van der Waals surface area contributed by atoms with E-state index in [4.69, 9.17) is 4.74 Å². The zero-order chi connectivity index (χ0) is 11.7. The standard InChI is InChI=1S/C12H9N3O2/c16-12(14-10-4-6-13-15-10)9-3-1-2-8-5-7-17-11(8)9/h1-4,6H,5,7H2. The summed E-state index contributed by atoms with van der Waals surface area (Å²) < 4.78 is 5.45. The van der Waals surface area contributed by atoms with Gasteiger partial charge < -0.3 is 4.74 Å². The van der Waals surface area contributed by atoms with Gasteiger partial charge in [0.25, 0.3) is 5.91 Å². The third kappa shape index (κ3) is 1.75. The average Bonchev–Trinajstić information content (AvgIpc) is 2.97. The van der Waals surface area contributed by atoms with Gasteiger partial charge in [-0.15, -0.1) is 5.11 Å². The Balaban J connectivity index is 1.97. The van der Waals surface area contributed by atoms with Gasteiger partial charge in [0.2, 0.25) is 0 Å². The predicted molar refractivity (Wildman–Crippen MR) is 61.4 cm³/mol. The molecule has 84 valence electrons. The van der Waals surface area contributed by atoms with Gasteiger partial charge in [0, 0.05) is 12.5 Å².